The number of ether oxygens (including phenoxy) is 3. The predicted octanol–water partition coefficient (Wildman–Crippen LogP) is 1.10. The molecule has 0 amide bonds. The molecule has 0 bridgehead atoms. The van der Waals surface area contributed by atoms with Crippen molar-refractivity contribution in [3.8, 4) is 0 Å². The second kappa shape index (κ2) is 12.8. The standard InChI is InChI=1S/C20H30O10/c1-10(2)17(25)28-16(12(5)21)14(8-7-9-15(23)24)19(27)30-20(13(6)22)29-18(26)11(3)4/h12-14,16,20-22H,1,3,7-9H2,2,4-6H3,(H,23,24). The summed E-state index contributed by atoms with van der Waals surface area (Å²) in [6.07, 6.45) is -6.19. The first kappa shape index (κ1) is 27.3. The normalized spacial score (nSPS) is 15.7. The van der Waals surface area contributed by atoms with E-state index in [9.17, 15) is 29.4 Å². The lowest BCUT2D eigenvalue weighted by Crippen LogP contribution is -2.44. The van der Waals surface area contributed by atoms with E-state index in [-0.39, 0.29) is 30.4 Å². The molecule has 0 saturated heterocycles. The molecule has 0 saturated carbocycles. The third-order valence-corrected chi connectivity index (χ3v) is 3.87. The van der Waals surface area contributed by atoms with Crippen LogP contribution in [0.4, 0.5) is 0 Å². The fourth-order valence-corrected chi connectivity index (χ4v) is 2.26. The molecule has 10 nitrogen and oxygen atoms in total. The molecule has 0 rings (SSSR count). The fourth-order valence-electron chi connectivity index (χ4n) is 2.26. The van der Waals surface area contributed by atoms with Gasteiger partial charge in [-0.15, -0.1) is 0 Å². The number of carboxylic acid groups (broad SMARTS) is 1. The van der Waals surface area contributed by atoms with Crippen LogP contribution in [0.25, 0.3) is 0 Å². The van der Waals surface area contributed by atoms with Gasteiger partial charge in [0.05, 0.1) is 12.0 Å². The summed E-state index contributed by atoms with van der Waals surface area (Å²) in [6.45, 7) is 12.0. The molecule has 0 aliphatic carbocycles. The monoisotopic (exact) mass is 430 g/mol. The molecular weight excluding hydrogens is 400 g/mol. The Bertz CT molecular complexity index is 664. The fraction of sp³-hybridized carbons (Fsp3) is 0.600. The van der Waals surface area contributed by atoms with Crippen LogP contribution in [-0.4, -0.2) is 63.8 Å². The number of aliphatic carboxylic acids is 1. The number of aliphatic hydroxyl groups is 2. The summed E-state index contributed by atoms with van der Waals surface area (Å²) in [4.78, 5) is 47.2. The number of rotatable bonds is 13. The average Bonchev–Trinajstić information content (AvgIpc) is 2.61. The van der Waals surface area contributed by atoms with Gasteiger partial charge in [0.2, 0.25) is 0 Å². The van der Waals surface area contributed by atoms with Gasteiger partial charge in [0, 0.05) is 17.6 Å². The summed E-state index contributed by atoms with van der Waals surface area (Å²) in [7, 11) is 0. The molecule has 0 aliphatic rings. The molecular formula is C20H30O10. The zero-order valence-electron chi connectivity index (χ0n) is 17.6. The van der Waals surface area contributed by atoms with Crippen molar-refractivity contribution >= 4 is 23.9 Å². The largest absolute Gasteiger partial charge is 0.481 e. The Morgan fingerprint density at radius 2 is 1.37 bits per heavy atom. The van der Waals surface area contributed by atoms with Crippen molar-refractivity contribution in [3.63, 3.8) is 0 Å². The third kappa shape index (κ3) is 9.66. The highest BCUT2D eigenvalue weighted by atomic mass is 16.7. The Morgan fingerprint density at radius 3 is 1.77 bits per heavy atom. The second-order valence-electron chi connectivity index (χ2n) is 7.01. The molecule has 5 atom stereocenters. The molecule has 0 spiro atoms. The predicted molar refractivity (Wildman–Crippen MR) is 104 cm³/mol. The van der Waals surface area contributed by atoms with Gasteiger partial charge in [0.25, 0.3) is 6.29 Å². The SMILES string of the molecule is C=C(C)C(=O)OC(OC(=O)C(CCCC(=O)O)C(OC(=O)C(=C)C)C(C)O)C(C)O. The van der Waals surface area contributed by atoms with Crippen LogP contribution in [0.3, 0.4) is 0 Å². The minimum atomic E-state index is -1.69. The smallest absolute Gasteiger partial charge is 0.336 e. The van der Waals surface area contributed by atoms with Gasteiger partial charge in [-0.25, -0.2) is 9.59 Å². The van der Waals surface area contributed by atoms with Gasteiger partial charge >= 0.3 is 23.9 Å². The lowest BCUT2D eigenvalue weighted by molar-refractivity contribution is -0.209. The van der Waals surface area contributed by atoms with Crippen molar-refractivity contribution in [2.45, 2.75) is 71.6 Å². The molecule has 5 unspecified atom stereocenters. The summed E-state index contributed by atoms with van der Waals surface area (Å²) in [5, 5.41) is 28.7. The van der Waals surface area contributed by atoms with E-state index in [1.807, 2.05) is 0 Å². The summed E-state index contributed by atoms with van der Waals surface area (Å²) in [5.74, 6) is -5.22. The lowest BCUT2D eigenvalue weighted by Gasteiger charge is -2.29. The Balaban J connectivity index is 5.66. The number of carboxylic acids is 1. The maximum Gasteiger partial charge on any atom is 0.336 e. The van der Waals surface area contributed by atoms with Crippen LogP contribution in [0.2, 0.25) is 0 Å². The first-order chi connectivity index (χ1) is 13.8. The van der Waals surface area contributed by atoms with Crippen LogP contribution in [0.1, 0.15) is 47.0 Å². The van der Waals surface area contributed by atoms with Gasteiger partial charge < -0.3 is 29.5 Å². The number of carbonyl (C=O) groups excluding carboxylic acids is 3. The third-order valence-electron chi connectivity index (χ3n) is 3.87. The first-order valence-corrected chi connectivity index (χ1v) is 9.29. The van der Waals surface area contributed by atoms with E-state index in [4.69, 9.17) is 19.3 Å². The van der Waals surface area contributed by atoms with E-state index in [1.54, 1.807) is 0 Å². The lowest BCUT2D eigenvalue weighted by atomic mass is 9.92. The van der Waals surface area contributed by atoms with Crippen molar-refractivity contribution in [1.29, 1.82) is 0 Å². The topological polar surface area (TPSA) is 157 Å². The molecule has 3 N–H and O–H groups in total. The summed E-state index contributed by atoms with van der Waals surface area (Å²) in [5.41, 5.74) is 0.0301. The van der Waals surface area contributed by atoms with Crippen molar-refractivity contribution in [2.75, 3.05) is 0 Å². The van der Waals surface area contributed by atoms with Crippen LogP contribution in [0.5, 0.6) is 0 Å². The maximum atomic E-state index is 12.8. The van der Waals surface area contributed by atoms with Gasteiger partial charge in [-0.1, -0.05) is 13.2 Å². The van der Waals surface area contributed by atoms with Gasteiger partial charge in [-0.2, -0.15) is 0 Å². The van der Waals surface area contributed by atoms with Crippen LogP contribution in [0, 0.1) is 5.92 Å². The van der Waals surface area contributed by atoms with E-state index in [0.717, 1.165) is 0 Å². The highest BCUT2D eigenvalue weighted by Gasteiger charge is 2.38. The number of aliphatic hydroxyl groups excluding tert-OH is 2. The minimum Gasteiger partial charge on any atom is -0.481 e. The van der Waals surface area contributed by atoms with Crippen LogP contribution < -0.4 is 0 Å². The maximum absolute atomic E-state index is 12.8. The van der Waals surface area contributed by atoms with Gasteiger partial charge in [-0.3, -0.25) is 9.59 Å². The Labute approximate surface area is 175 Å². The van der Waals surface area contributed by atoms with E-state index in [0.29, 0.717) is 0 Å². The van der Waals surface area contributed by atoms with Gasteiger partial charge in [0.1, 0.15) is 12.2 Å². The van der Waals surface area contributed by atoms with Crippen molar-refractivity contribution in [3.05, 3.63) is 24.3 Å². The number of carbonyl (C=O) groups is 4. The molecule has 0 radical (unpaired) electrons. The molecule has 0 aromatic heterocycles. The molecule has 170 valence electrons. The second-order valence-corrected chi connectivity index (χ2v) is 7.01. The van der Waals surface area contributed by atoms with E-state index in [1.165, 1.54) is 27.7 Å². The Morgan fingerprint density at radius 1 is 0.867 bits per heavy atom. The molecule has 10 heteroatoms. The molecule has 0 fully saturated rings. The minimum absolute atomic E-state index is 0.00644. The highest BCUT2D eigenvalue weighted by molar-refractivity contribution is 5.88. The number of esters is 3. The molecule has 0 aromatic carbocycles. The summed E-state index contributed by atoms with van der Waals surface area (Å²) in [6, 6.07) is 0. The molecule has 0 heterocycles. The van der Waals surface area contributed by atoms with Gasteiger partial charge in [-0.05, 0) is 40.5 Å². The molecule has 30 heavy (non-hydrogen) atoms. The zero-order valence-corrected chi connectivity index (χ0v) is 17.6. The van der Waals surface area contributed by atoms with E-state index < -0.39 is 54.4 Å². The quantitative estimate of drug-likeness (QED) is 0.219. The average molecular weight is 430 g/mol. The Kier molecular flexibility index (Phi) is 11.6. The van der Waals surface area contributed by atoms with E-state index in [2.05, 4.69) is 13.2 Å². The van der Waals surface area contributed by atoms with Crippen LogP contribution in [-0.2, 0) is 33.4 Å². The van der Waals surface area contributed by atoms with Gasteiger partial charge in [0.15, 0.2) is 0 Å². The van der Waals surface area contributed by atoms with Crippen LogP contribution >= 0.6 is 0 Å². The number of hydrogen-bond donors (Lipinski definition) is 3. The number of hydrogen-bond acceptors (Lipinski definition) is 9. The zero-order chi connectivity index (χ0) is 23.6. The highest BCUT2D eigenvalue weighted by Crippen LogP contribution is 2.23. The van der Waals surface area contributed by atoms with E-state index >= 15 is 0 Å². The summed E-state index contributed by atoms with van der Waals surface area (Å²) < 4.78 is 15.1. The molecule has 0 aliphatic heterocycles. The van der Waals surface area contributed by atoms with Crippen molar-refractivity contribution in [2.24, 2.45) is 5.92 Å². The van der Waals surface area contributed by atoms with Crippen LogP contribution in [0.15, 0.2) is 24.3 Å². The Hall–Kier alpha value is -2.72. The summed E-state index contributed by atoms with van der Waals surface area (Å²) >= 11 is 0. The van der Waals surface area contributed by atoms with Crippen molar-refractivity contribution in [1.82, 2.24) is 0 Å². The van der Waals surface area contributed by atoms with Crippen molar-refractivity contribution < 1.29 is 48.7 Å². The molecule has 0 aromatic rings. The first-order valence-electron chi connectivity index (χ1n) is 9.29.